The van der Waals surface area contributed by atoms with E-state index in [2.05, 4.69) is 4.90 Å². The van der Waals surface area contributed by atoms with E-state index < -0.39 is 6.10 Å². The molecule has 0 unspecified atom stereocenters. The quantitative estimate of drug-likeness (QED) is 0.827. The van der Waals surface area contributed by atoms with Gasteiger partial charge in [0.2, 0.25) is 0 Å². The van der Waals surface area contributed by atoms with Crippen LogP contribution in [0.15, 0.2) is 24.3 Å². The van der Waals surface area contributed by atoms with Crippen LogP contribution in [-0.2, 0) is 11.3 Å². The van der Waals surface area contributed by atoms with E-state index in [1.165, 1.54) is 5.56 Å². The van der Waals surface area contributed by atoms with Gasteiger partial charge >= 0.3 is 0 Å². The first-order valence-corrected chi connectivity index (χ1v) is 6.58. The van der Waals surface area contributed by atoms with Crippen molar-refractivity contribution in [1.29, 1.82) is 0 Å². The van der Waals surface area contributed by atoms with E-state index in [0.717, 1.165) is 11.6 Å². The van der Waals surface area contributed by atoms with Gasteiger partial charge in [0.25, 0.3) is 0 Å². The highest BCUT2D eigenvalue weighted by Crippen LogP contribution is 2.11. The highest BCUT2D eigenvalue weighted by atomic mass is 35.5. The molecule has 102 valence electrons. The van der Waals surface area contributed by atoms with Crippen molar-refractivity contribution >= 4 is 11.6 Å². The van der Waals surface area contributed by atoms with Gasteiger partial charge in [0.1, 0.15) is 0 Å². The summed E-state index contributed by atoms with van der Waals surface area (Å²) in [6.07, 6.45) is -0.300. The average Bonchev–Trinajstić information content (AvgIpc) is 2.29. The van der Waals surface area contributed by atoms with Gasteiger partial charge in [-0.05, 0) is 38.6 Å². The summed E-state index contributed by atoms with van der Waals surface area (Å²) in [5.41, 5.74) is 1.18. The smallest absolute Gasteiger partial charge is 0.0900 e. The van der Waals surface area contributed by atoms with Gasteiger partial charge in [-0.2, -0.15) is 0 Å². The lowest BCUT2D eigenvalue weighted by molar-refractivity contribution is -0.00634. The molecule has 0 bridgehead atoms. The second kappa shape index (κ2) is 7.74. The Bertz CT molecular complexity index is 340. The molecule has 3 nitrogen and oxygen atoms in total. The van der Waals surface area contributed by atoms with Crippen LogP contribution in [0, 0.1) is 0 Å². The topological polar surface area (TPSA) is 32.7 Å². The molecule has 1 atom stereocenters. The van der Waals surface area contributed by atoms with Gasteiger partial charge in [-0.25, -0.2) is 0 Å². The first-order valence-electron chi connectivity index (χ1n) is 6.20. The molecular weight excluding hydrogens is 250 g/mol. The van der Waals surface area contributed by atoms with E-state index in [-0.39, 0.29) is 6.10 Å². The van der Waals surface area contributed by atoms with E-state index in [4.69, 9.17) is 16.3 Å². The Morgan fingerprint density at radius 3 is 2.44 bits per heavy atom. The number of aliphatic hydroxyl groups is 1. The SMILES string of the molecule is CC(C)OC[C@H](O)CN(C)Cc1ccc(Cl)cc1. The van der Waals surface area contributed by atoms with Crippen LogP contribution in [0.2, 0.25) is 5.02 Å². The molecule has 0 saturated heterocycles. The van der Waals surface area contributed by atoms with Gasteiger partial charge in [0.05, 0.1) is 18.8 Å². The first-order chi connectivity index (χ1) is 8.47. The van der Waals surface area contributed by atoms with Crippen molar-refractivity contribution in [2.24, 2.45) is 0 Å². The fourth-order valence-electron chi connectivity index (χ4n) is 1.68. The van der Waals surface area contributed by atoms with E-state index in [9.17, 15) is 5.11 Å². The molecule has 0 heterocycles. The van der Waals surface area contributed by atoms with E-state index in [1.807, 2.05) is 45.2 Å². The predicted octanol–water partition coefficient (Wildman–Crippen LogP) is 2.56. The van der Waals surface area contributed by atoms with Crippen molar-refractivity contribution in [3.05, 3.63) is 34.9 Å². The van der Waals surface area contributed by atoms with Gasteiger partial charge in [0, 0.05) is 18.1 Å². The number of likely N-dealkylation sites (N-methyl/N-ethyl adjacent to an activating group) is 1. The number of rotatable bonds is 7. The predicted molar refractivity (Wildman–Crippen MR) is 74.9 cm³/mol. The summed E-state index contributed by atoms with van der Waals surface area (Å²) in [5, 5.41) is 10.5. The van der Waals surface area contributed by atoms with Gasteiger partial charge < -0.3 is 9.84 Å². The van der Waals surface area contributed by atoms with Crippen LogP contribution in [0.5, 0.6) is 0 Å². The zero-order chi connectivity index (χ0) is 13.5. The molecule has 0 aliphatic heterocycles. The second-order valence-corrected chi connectivity index (χ2v) is 5.30. The number of halogens is 1. The minimum absolute atomic E-state index is 0.154. The normalized spacial score (nSPS) is 13.3. The van der Waals surface area contributed by atoms with Crippen molar-refractivity contribution in [2.75, 3.05) is 20.2 Å². The lowest BCUT2D eigenvalue weighted by Crippen LogP contribution is -2.32. The summed E-state index contributed by atoms with van der Waals surface area (Å²) in [4.78, 5) is 2.07. The van der Waals surface area contributed by atoms with Crippen molar-refractivity contribution in [2.45, 2.75) is 32.6 Å². The molecule has 18 heavy (non-hydrogen) atoms. The molecule has 0 amide bonds. The zero-order valence-corrected chi connectivity index (χ0v) is 12.0. The number of benzene rings is 1. The van der Waals surface area contributed by atoms with Crippen LogP contribution in [-0.4, -0.2) is 42.4 Å². The second-order valence-electron chi connectivity index (χ2n) is 4.86. The Kier molecular flexibility index (Phi) is 6.65. The Labute approximate surface area is 114 Å². The van der Waals surface area contributed by atoms with Crippen molar-refractivity contribution in [1.82, 2.24) is 4.90 Å². The van der Waals surface area contributed by atoms with E-state index >= 15 is 0 Å². The minimum atomic E-state index is -0.454. The summed E-state index contributed by atoms with van der Waals surface area (Å²) in [7, 11) is 1.98. The van der Waals surface area contributed by atoms with Crippen LogP contribution < -0.4 is 0 Å². The summed E-state index contributed by atoms with van der Waals surface area (Å²) in [6.45, 7) is 5.68. The Hall–Kier alpha value is -0.610. The first kappa shape index (κ1) is 15.4. The maximum absolute atomic E-state index is 9.80. The number of hydrogen-bond acceptors (Lipinski definition) is 3. The van der Waals surface area contributed by atoms with Gasteiger partial charge in [-0.1, -0.05) is 23.7 Å². The molecule has 1 N–H and O–H groups in total. The van der Waals surface area contributed by atoms with E-state index in [1.54, 1.807) is 0 Å². The Balaban J connectivity index is 2.32. The summed E-state index contributed by atoms with van der Waals surface area (Å²) in [5.74, 6) is 0. The number of hydrogen-bond donors (Lipinski definition) is 1. The van der Waals surface area contributed by atoms with Crippen LogP contribution in [0.25, 0.3) is 0 Å². The third-order valence-electron chi connectivity index (χ3n) is 2.51. The molecule has 0 fully saturated rings. The van der Waals surface area contributed by atoms with Gasteiger partial charge in [-0.3, -0.25) is 4.90 Å². The maximum Gasteiger partial charge on any atom is 0.0900 e. The number of aliphatic hydroxyl groups excluding tert-OH is 1. The Morgan fingerprint density at radius 1 is 1.28 bits per heavy atom. The molecule has 0 saturated carbocycles. The lowest BCUT2D eigenvalue weighted by Gasteiger charge is -2.21. The number of ether oxygens (including phenoxy) is 1. The van der Waals surface area contributed by atoms with Crippen LogP contribution >= 0.6 is 11.6 Å². The standard InChI is InChI=1S/C14H22ClNO2/c1-11(2)18-10-14(17)9-16(3)8-12-4-6-13(15)7-5-12/h4-7,11,14,17H,8-10H2,1-3H3/t14-/m1/s1. The van der Waals surface area contributed by atoms with Crippen LogP contribution in [0.3, 0.4) is 0 Å². The Morgan fingerprint density at radius 2 is 1.89 bits per heavy atom. The average molecular weight is 272 g/mol. The molecule has 1 aromatic carbocycles. The largest absolute Gasteiger partial charge is 0.389 e. The highest BCUT2D eigenvalue weighted by Gasteiger charge is 2.09. The third kappa shape index (κ3) is 6.36. The van der Waals surface area contributed by atoms with Gasteiger partial charge in [0.15, 0.2) is 0 Å². The van der Waals surface area contributed by atoms with Crippen molar-refractivity contribution in [3.63, 3.8) is 0 Å². The fraction of sp³-hybridized carbons (Fsp3) is 0.571. The third-order valence-corrected chi connectivity index (χ3v) is 2.76. The van der Waals surface area contributed by atoms with Crippen molar-refractivity contribution < 1.29 is 9.84 Å². The summed E-state index contributed by atoms with van der Waals surface area (Å²) >= 11 is 5.83. The maximum atomic E-state index is 9.80. The summed E-state index contributed by atoms with van der Waals surface area (Å²) < 4.78 is 5.38. The van der Waals surface area contributed by atoms with Crippen LogP contribution in [0.1, 0.15) is 19.4 Å². The van der Waals surface area contributed by atoms with Crippen LogP contribution in [0.4, 0.5) is 0 Å². The number of nitrogens with zero attached hydrogens (tertiary/aromatic N) is 1. The molecule has 0 radical (unpaired) electrons. The van der Waals surface area contributed by atoms with Crippen molar-refractivity contribution in [3.8, 4) is 0 Å². The molecule has 4 heteroatoms. The summed E-state index contributed by atoms with van der Waals surface area (Å²) in [6, 6.07) is 7.75. The van der Waals surface area contributed by atoms with E-state index in [0.29, 0.717) is 13.2 Å². The molecule has 0 aliphatic rings. The molecular formula is C14H22ClNO2. The van der Waals surface area contributed by atoms with Gasteiger partial charge in [-0.15, -0.1) is 0 Å². The monoisotopic (exact) mass is 271 g/mol. The minimum Gasteiger partial charge on any atom is -0.389 e. The fourth-order valence-corrected chi connectivity index (χ4v) is 1.81. The zero-order valence-electron chi connectivity index (χ0n) is 11.3. The molecule has 0 aromatic heterocycles. The lowest BCUT2D eigenvalue weighted by atomic mass is 10.2. The molecule has 0 spiro atoms. The molecule has 1 aromatic rings. The highest BCUT2D eigenvalue weighted by molar-refractivity contribution is 6.30. The molecule has 0 aliphatic carbocycles. The molecule has 1 rings (SSSR count).